The highest BCUT2D eigenvalue weighted by Crippen LogP contribution is 2.14. The Morgan fingerprint density at radius 2 is 0.932 bits per heavy atom. The number of aliphatic hydroxyl groups excluding tert-OH is 1. The van der Waals surface area contributed by atoms with Crippen molar-refractivity contribution in [2.24, 2.45) is 40.9 Å². The predicted molar refractivity (Wildman–Crippen MR) is 264 cm³/mol. The van der Waals surface area contributed by atoms with Crippen molar-refractivity contribution < 1.29 is 77.6 Å². The number of carbonyl (C=O) groups is 13. The summed E-state index contributed by atoms with van der Waals surface area (Å²) in [5.41, 5.74) is 16.4. The van der Waals surface area contributed by atoms with Crippen LogP contribution in [0.4, 0.5) is 0 Å². The summed E-state index contributed by atoms with van der Waals surface area (Å²) in [4.78, 5) is 167. The van der Waals surface area contributed by atoms with E-state index in [1.807, 2.05) is 0 Å². The minimum absolute atomic E-state index is 0.0528. The standard InChI is InChI=1S/C46H80N12O16/c1-10-22(6)35(44(71)50-19-33(62)56-36(23(7)11-2)45(72)55-30(20-59)43(70)58-37(46(73)74)24(8)12-3)57-42(69)28(17-21(4)5)53-41(68)29(18-32(49)61)54-40(67)27(14-15-31(48)60)52-38(65)25(9)51-39(66)26(47)13-16-34(63)64/h21-30,35-37,59H,10-20,47H2,1-9H3,(H2,48,60)(H2,49,61)(H,50,71)(H,51,66)(H,52,65)(H,53,68)(H,54,67)(H,55,72)(H,56,62)(H,57,69)(H,58,70)(H,63,64)(H,73,74)/t22-,23-,24-,25-,26-,27-,28-,29-,30-,35-,36-,37-/m0/s1. The lowest BCUT2D eigenvalue weighted by Crippen LogP contribution is -2.61. The Bertz CT molecular complexity index is 1990. The monoisotopic (exact) mass is 1060 g/mol. The summed E-state index contributed by atoms with van der Waals surface area (Å²) in [6.07, 6.45) is -1.38. The number of rotatable bonds is 36. The van der Waals surface area contributed by atoms with Gasteiger partial charge in [0.1, 0.15) is 48.3 Å². The number of carboxylic acid groups (broad SMARTS) is 2. The molecule has 0 saturated heterocycles. The van der Waals surface area contributed by atoms with Crippen LogP contribution < -0.4 is 65.1 Å². The van der Waals surface area contributed by atoms with Crippen molar-refractivity contribution in [2.75, 3.05) is 13.2 Å². The Hall–Kier alpha value is -6.97. The average molecular weight is 1060 g/mol. The zero-order chi connectivity index (χ0) is 57.2. The lowest BCUT2D eigenvalue weighted by atomic mass is 9.96. The summed E-state index contributed by atoms with van der Waals surface area (Å²) in [6, 6.07) is -13.0. The summed E-state index contributed by atoms with van der Waals surface area (Å²) in [6.45, 7) is 13.0. The van der Waals surface area contributed by atoms with Crippen LogP contribution in [0.25, 0.3) is 0 Å². The smallest absolute Gasteiger partial charge is 0.326 e. The van der Waals surface area contributed by atoms with Gasteiger partial charge in [-0.1, -0.05) is 74.7 Å². The van der Waals surface area contributed by atoms with Gasteiger partial charge < -0.3 is 80.4 Å². The molecule has 12 atom stereocenters. The highest BCUT2D eigenvalue weighted by Gasteiger charge is 2.36. The number of nitrogens with one attached hydrogen (secondary N) is 9. The first-order valence-corrected chi connectivity index (χ1v) is 24.5. The van der Waals surface area contributed by atoms with Crippen LogP contribution in [-0.2, 0) is 62.3 Å². The van der Waals surface area contributed by atoms with Gasteiger partial charge in [-0.15, -0.1) is 0 Å². The van der Waals surface area contributed by atoms with E-state index in [1.165, 1.54) is 6.92 Å². The SMILES string of the molecule is CC[C@H](C)[C@H](NC(=O)[C@H](CO)NC(=O)[C@@H](NC(=O)CNC(=O)[C@@H](NC(=O)[C@H](CC(C)C)NC(=O)[C@H](CC(N)=O)NC(=O)[C@H](CCC(N)=O)NC(=O)[C@H](C)NC(=O)[C@@H](N)CCC(=O)O)[C@@H](C)CC)[C@@H](C)CC)C(=O)O. The number of amides is 11. The van der Waals surface area contributed by atoms with Crippen LogP contribution in [0.5, 0.6) is 0 Å². The maximum absolute atomic E-state index is 14.0. The molecule has 0 fully saturated rings. The number of carbonyl (C=O) groups excluding carboxylic acids is 11. The zero-order valence-electron chi connectivity index (χ0n) is 43.7. The summed E-state index contributed by atoms with van der Waals surface area (Å²) in [5, 5.41) is 49.9. The van der Waals surface area contributed by atoms with Gasteiger partial charge in [-0.05, 0) is 49.9 Å². The Morgan fingerprint density at radius 3 is 1.42 bits per heavy atom. The third-order valence-electron chi connectivity index (χ3n) is 12.1. The zero-order valence-corrected chi connectivity index (χ0v) is 43.7. The first-order chi connectivity index (χ1) is 34.4. The number of primary amides is 2. The maximum Gasteiger partial charge on any atom is 0.326 e. The second-order valence-electron chi connectivity index (χ2n) is 18.7. The largest absolute Gasteiger partial charge is 0.481 e. The average Bonchev–Trinajstić information content (AvgIpc) is 3.33. The first-order valence-electron chi connectivity index (χ1n) is 24.5. The molecule has 11 amide bonds. The van der Waals surface area contributed by atoms with Gasteiger partial charge in [0, 0.05) is 12.8 Å². The molecule has 0 rings (SSSR count). The number of hydrogen-bond acceptors (Lipinski definition) is 15. The van der Waals surface area contributed by atoms with Crippen molar-refractivity contribution in [2.45, 2.75) is 174 Å². The van der Waals surface area contributed by atoms with Gasteiger partial charge in [-0.25, -0.2) is 4.79 Å². The van der Waals surface area contributed by atoms with Gasteiger partial charge in [0.25, 0.3) is 0 Å². The fourth-order valence-corrected chi connectivity index (χ4v) is 6.86. The normalized spacial score (nSPS) is 15.9. The van der Waals surface area contributed by atoms with E-state index in [9.17, 15) is 72.5 Å². The summed E-state index contributed by atoms with van der Waals surface area (Å²) >= 11 is 0. The van der Waals surface area contributed by atoms with Gasteiger partial charge in [0.2, 0.25) is 65.0 Å². The molecule has 0 aliphatic heterocycles. The lowest BCUT2D eigenvalue weighted by Gasteiger charge is -2.29. The van der Waals surface area contributed by atoms with E-state index in [1.54, 1.807) is 55.4 Å². The molecular formula is C46H80N12O16. The van der Waals surface area contributed by atoms with Crippen LogP contribution in [-0.4, -0.2) is 160 Å². The number of hydrogen-bond donors (Lipinski definition) is 15. The molecule has 0 spiro atoms. The molecule has 74 heavy (non-hydrogen) atoms. The van der Waals surface area contributed by atoms with Crippen molar-refractivity contribution in [1.82, 2.24) is 47.9 Å². The molecule has 420 valence electrons. The maximum atomic E-state index is 14.0. The molecule has 0 aliphatic carbocycles. The van der Waals surface area contributed by atoms with Crippen LogP contribution in [0, 0.1) is 23.7 Å². The Labute approximate surface area is 430 Å². The van der Waals surface area contributed by atoms with E-state index >= 15 is 0 Å². The Balaban J connectivity index is 6.29. The molecule has 0 saturated carbocycles. The molecule has 0 aliphatic rings. The van der Waals surface area contributed by atoms with E-state index in [0.717, 1.165) is 0 Å². The molecule has 0 aromatic carbocycles. The van der Waals surface area contributed by atoms with Gasteiger partial charge in [0.15, 0.2) is 0 Å². The summed E-state index contributed by atoms with van der Waals surface area (Å²) < 4.78 is 0. The van der Waals surface area contributed by atoms with Gasteiger partial charge in [-0.3, -0.25) is 57.5 Å². The van der Waals surface area contributed by atoms with Crippen LogP contribution in [0.3, 0.4) is 0 Å². The third-order valence-corrected chi connectivity index (χ3v) is 12.1. The molecule has 0 aromatic heterocycles. The highest BCUT2D eigenvalue weighted by atomic mass is 16.4. The quantitative estimate of drug-likeness (QED) is 0.0282. The van der Waals surface area contributed by atoms with Crippen LogP contribution in [0.15, 0.2) is 0 Å². The minimum Gasteiger partial charge on any atom is -0.481 e. The first kappa shape index (κ1) is 67.0. The van der Waals surface area contributed by atoms with Gasteiger partial charge >= 0.3 is 11.9 Å². The Morgan fingerprint density at radius 1 is 0.473 bits per heavy atom. The van der Waals surface area contributed by atoms with Crippen molar-refractivity contribution in [3.8, 4) is 0 Å². The van der Waals surface area contributed by atoms with Crippen LogP contribution >= 0.6 is 0 Å². The van der Waals surface area contributed by atoms with Gasteiger partial charge in [-0.2, -0.15) is 0 Å². The summed E-state index contributed by atoms with van der Waals surface area (Å²) in [5.74, 6) is -14.9. The fraction of sp³-hybridized carbons (Fsp3) is 0.717. The molecule has 0 aromatic rings. The molecular weight excluding hydrogens is 977 g/mol. The summed E-state index contributed by atoms with van der Waals surface area (Å²) in [7, 11) is 0. The fourth-order valence-electron chi connectivity index (χ4n) is 6.86. The molecule has 0 heterocycles. The topological polar surface area (TPSA) is 469 Å². The molecule has 0 radical (unpaired) electrons. The van der Waals surface area contributed by atoms with E-state index in [-0.39, 0.29) is 18.8 Å². The lowest BCUT2D eigenvalue weighted by molar-refractivity contribution is -0.144. The van der Waals surface area contributed by atoms with E-state index in [2.05, 4.69) is 47.9 Å². The number of carboxylic acids is 2. The molecule has 28 nitrogen and oxygen atoms in total. The molecule has 0 bridgehead atoms. The minimum atomic E-state index is -1.78. The molecule has 28 heteroatoms. The number of aliphatic carboxylic acids is 2. The molecule has 18 N–H and O–H groups in total. The third kappa shape index (κ3) is 24.6. The Kier molecular flexibility index (Phi) is 30.5. The second kappa shape index (κ2) is 33.7. The van der Waals surface area contributed by atoms with E-state index in [0.29, 0.717) is 19.3 Å². The van der Waals surface area contributed by atoms with Gasteiger partial charge in [0.05, 0.1) is 25.6 Å². The van der Waals surface area contributed by atoms with Crippen molar-refractivity contribution in [1.29, 1.82) is 0 Å². The predicted octanol–water partition coefficient (Wildman–Crippen LogP) is -4.40. The van der Waals surface area contributed by atoms with Crippen molar-refractivity contribution in [3.63, 3.8) is 0 Å². The van der Waals surface area contributed by atoms with Crippen LogP contribution in [0.2, 0.25) is 0 Å². The second-order valence-corrected chi connectivity index (χ2v) is 18.7. The molecule has 0 unspecified atom stereocenters. The van der Waals surface area contributed by atoms with Crippen molar-refractivity contribution in [3.05, 3.63) is 0 Å². The van der Waals surface area contributed by atoms with E-state index in [4.69, 9.17) is 22.3 Å². The van der Waals surface area contributed by atoms with E-state index < -0.39 is 188 Å². The highest BCUT2D eigenvalue weighted by molar-refractivity contribution is 5.99. The van der Waals surface area contributed by atoms with Crippen LogP contribution in [0.1, 0.15) is 120 Å². The number of nitrogens with two attached hydrogens (primary N) is 3. The van der Waals surface area contributed by atoms with Crippen molar-refractivity contribution >= 4 is 76.9 Å². The number of aliphatic hydroxyl groups is 1.